The third-order valence-corrected chi connectivity index (χ3v) is 4.72. The van der Waals surface area contributed by atoms with Crippen molar-refractivity contribution < 1.29 is 4.79 Å². The van der Waals surface area contributed by atoms with Gasteiger partial charge < -0.3 is 11.1 Å². The van der Waals surface area contributed by atoms with Gasteiger partial charge in [-0.25, -0.2) is 0 Å². The Morgan fingerprint density at radius 3 is 2.37 bits per heavy atom. The first-order valence-electron chi connectivity index (χ1n) is 7.57. The predicted molar refractivity (Wildman–Crippen MR) is 80.0 cm³/mol. The van der Waals surface area contributed by atoms with Gasteiger partial charge in [0.1, 0.15) is 0 Å². The van der Waals surface area contributed by atoms with Crippen LogP contribution in [0.1, 0.15) is 59.3 Å². The second kappa shape index (κ2) is 6.71. The molecule has 0 heterocycles. The maximum atomic E-state index is 12.1. The highest BCUT2D eigenvalue weighted by Crippen LogP contribution is 2.31. The summed E-state index contributed by atoms with van der Waals surface area (Å²) in [7, 11) is 2.04. The number of nitrogens with one attached hydrogen (secondary N) is 1. The molecule has 1 saturated carbocycles. The van der Waals surface area contributed by atoms with Crippen LogP contribution in [0.15, 0.2) is 0 Å². The van der Waals surface area contributed by atoms with Gasteiger partial charge in [-0.3, -0.25) is 9.69 Å². The molecule has 1 fully saturated rings. The smallest absolute Gasteiger partial charge is 0.234 e. The molecule has 0 aromatic heterocycles. The van der Waals surface area contributed by atoms with Crippen molar-refractivity contribution in [3.8, 4) is 0 Å². The number of hydrogen-bond acceptors (Lipinski definition) is 3. The molecule has 4 heteroatoms. The van der Waals surface area contributed by atoms with E-state index in [1.807, 2.05) is 7.05 Å². The average molecular weight is 269 g/mol. The number of carbonyl (C=O) groups is 1. The minimum absolute atomic E-state index is 0.0337. The van der Waals surface area contributed by atoms with Crippen LogP contribution in [0.4, 0.5) is 0 Å². The largest absolute Gasteiger partial charge is 0.350 e. The molecule has 3 N–H and O–H groups in total. The average Bonchev–Trinajstić information content (AvgIpc) is 2.38. The molecule has 1 aliphatic carbocycles. The molecule has 1 amide bonds. The molecule has 0 bridgehead atoms. The molecule has 0 aliphatic heterocycles. The zero-order valence-corrected chi connectivity index (χ0v) is 13.1. The van der Waals surface area contributed by atoms with Crippen molar-refractivity contribution in [1.82, 2.24) is 10.2 Å². The van der Waals surface area contributed by atoms with Crippen LogP contribution in [0.5, 0.6) is 0 Å². The third kappa shape index (κ3) is 4.46. The molecule has 0 spiro atoms. The lowest BCUT2D eigenvalue weighted by Crippen LogP contribution is -2.57. The number of likely N-dealkylation sites (N-methyl/N-ethyl adjacent to an activating group) is 1. The summed E-state index contributed by atoms with van der Waals surface area (Å²) < 4.78 is 0. The van der Waals surface area contributed by atoms with Gasteiger partial charge in [0.25, 0.3) is 0 Å². The lowest BCUT2D eigenvalue weighted by Gasteiger charge is -2.44. The van der Waals surface area contributed by atoms with Gasteiger partial charge >= 0.3 is 0 Å². The van der Waals surface area contributed by atoms with Gasteiger partial charge in [-0.15, -0.1) is 0 Å². The van der Waals surface area contributed by atoms with Gasteiger partial charge in [0.05, 0.1) is 6.54 Å². The van der Waals surface area contributed by atoms with E-state index < -0.39 is 0 Å². The van der Waals surface area contributed by atoms with E-state index in [9.17, 15) is 4.79 Å². The Kier molecular flexibility index (Phi) is 5.81. The minimum atomic E-state index is -0.125. The van der Waals surface area contributed by atoms with Gasteiger partial charge in [-0.2, -0.15) is 0 Å². The zero-order valence-electron chi connectivity index (χ0n) is 13.1. The summed E-state index contributed by atoms with van der Waals surface area (Å²) >= 11 is 0. The fourth-order valence-corrected chi connectivity index (χ4v) is 2.84. The molecule has 4 nitrogen and oxygen atoms in total. The summed E-state index contributed by atoms with van der Waals surface area (Å²) in [6, 6.07) is 0. The first-order chi connectivity index (χ1) is 8.85. The molecule has 0 atom stereocenters. The first-order valence-corrected chi connectivity index (χ1v) is 7.57. The normalized spacial score (nSPS) is 19.5. The van der Waals surface area contributed by atoms with Crippen LogP contribution in [0.25, 0.3) is 0 Å². The van der Waals surface area contributed by atoms with Gasteiger partial charge in [0, 0.05) is 17.6 Å². The van der Waals surface area contributed by atoms with E-state index >= 15 is 0 Å². The molecule has 0 saturated heterocycles. The van der Waals surface area contributed by atoms with Crippen molar-refractivity contribution in [3.05, 3.63) is 0 Å². The van der Waals surface area contributed by atoms with E-state index in [-0.39, 0.29) is 17.0 Å². The molecule has 1 aliphatic rings. The fraction of sp³-hybridized carbons (Fsp3) is 0.933. The van der Waals surface area contributed by atoms with Crippen molar-refractivity contribution in [2.24, 2.45) is 5.73 Å². The lowest BCUT2D eigenvalue weighted by atomic mass is 9.80. The number of amides is 1. The number of rotatable bonds is 6. The number of carbonyl (C=O) groups excluding carboxylic acids is 1. The van der Waals surface area contributed by atoms with Crippen LogP contribution >= 0.6 is 0 Å². The number of nitrogens with zero attached hydrogens (tertiary/aromatic N) is 1. The Morgan fingerprint density at radius 1 is 1.32 bits per heavy atom. The Morgan fingerprint density at radius 2 is 1.89 bits per heavy atom. The van der Waals surface area contributed by atoms with Gasteiger partial charge in [-0.1, -0.05) is 26.2 Å². The fourth-order valence-electron chi connectivity index (χ4n) is 2.84. The molecular weight excluding hydrogens is 238 g/mol. The quantitative estimate of drug-likeness (QED) is 0.774. The second-order valence-electron chi connectivity index (χ2n) is 6.63. The first kappa shape index (κ1) is 16.4. The predicted octanol–water partition coefficient (Wildman–Crippen LogP) is 1.88. The van der Waals surface area contributed by atoms with Crippen molar-refractivity contribution in [3.63, 3.8) is 0 Å². The summed E-state index contributed by atoms with van der Waals surface area (Å²) in [5.41, 5.74) is 5.90. The standard InChI is InChI=1S/C15H31N3O/c1-5-14(2,3)17-13(19)11-18(4)15(12-16)9-7-6-8-10-15/h5-12,16H2,1-4H3,(H,17,19). The molecule has 112 valence electrons. The summed E-state index contributed by atoms with van der Waals surface area (Å²) in [6.45, 7) is 7.30. The highest BCUT2D eigenvalue weighted by Gasteiger charge is 2.35. The van der Waals surface area contributed by atoms with E-state index in [1.54, 1.807) is 0 Å². The molecule has 0 radical (unpaired) electrons. The summed E-state index contributed by atoms with van der Waals surface area (Å²) in [6.07, 6.45) is 6.91. The molecule has 1 rings (SSSR count). The molecule has 0 aromatic carbocycles. The lowest BCUT2D eigenvalue weighted by molar-refractivity contribution is -0.125. The van der Waals surface area contributed by atoms with E-state index in [2.05, 4.69) is 31.0 Å². The molecule has 0 unspecified atom stereocenters. The summed E-state index contributed by atoms with van der Waals surface area (Å²) in [4.78, 5) is 14.3. The number of nitrogens with two attached hydrogens (primary N) is 1. The van der Waals surface area contributed by atoms with Crippen molar-refractivity contribution in [1.29, 1.82) is 0 Å². The summed E-state index contributed by atoms with van der Waals surface area (Å²) in [5, 5.41) is 3.10. The Balaban J connectivity index is 2.57. The zero-order chi connectivity index (χ0) is 14.5. The maximum Gasteiger partial charge on any atom is 0.234 e. The van der Waals surface area contributed by atoms with Crippen LogP contribution < -0.4 is 11.1 Å². The van der Waals surface area contributed by atoms with Gasteiger partial charge in [-0.05, 0) is 40.2 Å². The molecule has 0 aromatic rings. The van der Waals surface area contributed by atoms with Crippen molar-refractivity contribution in [2.45, 2.75) is 70.4 Å². The summed E-state index contributed by atoms with van der Waals surface area (Å²) in [5.74, 6) is 0.104. The molecule has 19 heavy (non-hydrogen) atoms. The van der Waals surface area contributed by atoms with Crippen LogP contribution in [0, 0.1) is 0 Å². The highest BCUT2D eigenvalue weighted by atomic mass is 16.2. The van der Waals surface area contributed by atoms with Gasteiger partial charge in [0.2, 0.25) is 5.91 Å². The van der Waals surface area contributed by atoms with Crippen LogP contribution in [-0.2, 0) is 4.79 Å². The van der Waals surface area contributed by atoms with E-state index in [0.29, 0.717) is 13.1 Å². The minimum Gasteiger partial charge on any atom is -0.350 e. The highest BCUT2D eigenvalue weighted by molar-refractivity contribution is 5.78. The van der Waals surface area contributed by atoms with E-state index in [0.717, 1.165) is 19.3 Å². The molecular formula is C15H31N3O. The second-order valence-corrected chi connectivity index (χ2v) is 6.63. The van der Waals surface area contributed by atoms with Gasteiger partial charge in [0.15, 0.2) is 0 Å². The number of hydrogen-bond donors (Lipinski definition) is 2. The maximum absolute atomic E-state index is 12.1. The Bertz CT molecular complexity index is 296. The van der Waals surface area contributed by atoms with E-state index in [1.165, 1.54) is 19.3 Å². The monoisotopic (exact) mass is 269 g/mol. The Labute approximate surface area is 118 Å². The van der Waals surface area contributed by atoms with Crippen LogP contribution in [0.2, 0.25) is 0 Å². The van der Waals surface area contributed by atoms with Crippen LogP contribution in [0.3, 0.4) is 0 Å². The van der Waals surface area contributed by atoms with Crippen molar-refractivity contribution >= 4 is 5.91 Å². The Hall–Kier alpha value is -0.610. The third-order valence-electron chi connectivity index (χ3n) is 4.72. The van der Waals surface area contributed by atoms with Crippen LogP contribution in [-0.4, -0.2) is 42.0 Å². The SMILES string of the molecule is CCC(C)(C)NC(=O)CN(C)C1(CN)CCCCC1. The topological polar surface area (TPSA) is 58.4 Å². The van der Waals surface area contributed by atoms with Crippen molar-refractivity contribution in [2.75, 3.05) is 20.1 Å². The van der Waals surface area contributed by atoms with E-state index in [4.69, 9.17) is 5.73 Å².